The molecule has 5 nitrogen and oxygen atoms in total. The molecule has 0 aromatic heterocycles. The second-order valence-electron chi connectivity index (χ2n) is 4.60. The number of nitrogens with one attached hydrogen (secondary N) is 1. The van der Waals surface area contributed by atoms with Crippen LogP contribution in [-0.4, -0.2) is 30.6 Å². The van der Waals surface area contributed by atoms with Crippen molar-refractivity contribution in [2.75, 3.05) is 13.7 Å². The Bertz CT molecular complexity index is 471. The van der Waals surface area contributed by atoms with Crippen LogP contribution < -0.4 is 10.1 Å². The van der Waals surface area contributed by atoms with E-state index >= 15 is 0 Å². The van der Waals surface area contributed by atoms with Crippen LogP contribution in [0.5, 0.6) is 5.75 Å². The van der Waals surface area contributed by atoms with Crippen molar-refractivity contribution in [2.24, 2.45) is 5.92 Å². The Labute approximate surface area is 112 Å². The molecular weight excluding hydrogens is 246 g/mol. The number of carboxylic acids is 1. The Morgan fingerprint density at radius 2 is 2.11 bits per heavy atom. The van der Waals surface area contributed by atoms with Gasteiger partial charge in [-0.3, -0.25) is 9.59 Å². The summed E-state index contributed by atoms with van der Waals surface area (Å²) in [6.45, 7) is 4.01. The Kier molecular flexibility index (Phi) is 5.36. The number of hydrogen-bond donors (Lipinski definition) is 2. The molecule has 1 rings (SSSR count). The van der Waals surface area contributed by atoms with Crippen LogP contribution >= 0.6 is 0 Å². The molecule has 0 saturated heterocycles. The van der Waals surface area contributed by atoms with Crippen LogP contribution in [-0.2, 0) is 4.79 Å². The van der Waals surface area contributed by atoms with E-state index in [0.29, 0.717) is 17.9 Å². The third kappa shape index (κ3) is 4.62. The molecule has 5 heteroatoms. The van der Waals surface area contributed by atoms with Crippen molar-refractivity contribution in [3.63, 3.8) is 0 Å². The topological polar surface area (TPSA) is 75.6 Å². The van der Waals surface area contributed by atoms with E-state index in [4.69, 9.17) is 9.84 Å². The highest BCUT2D eigenvalue weighted by molar-refractivity contribution is 5.94. The zero-order valence-corrected chi connectivity index (χ0v) is 11.4. The average Bonchev–Trinajstić information content (AvgIpc) is 2.35. The lowest BCUT2D eigenvalue weighted by Crippen LogP contribution is -2.29. The minimum absolute atomic E-state index is 0.0392. The predicted octanol–water partition coefficient (Wildman–Crippen LogP) is 1.84. The molecule has 0 aliphatic rings. The van der Waals surface area contributed by atoms with Crippen molar-refractivity contribution < 1.29 is 19.4 Å². The maximum atomic E-state index is 11.9. The quantitative estimate of drug-likeness (QED) is 0.823. The number of hydrogen-bond acceptors (Lipinski definition) is 3. The van der Waals surface area contributed by atoms with Gasteiger partial charge in [0.05, 0.1) is 7.11 Å². The molecule has 0 fully saturated rings. The van der Waals surface area contributed by atoms with Gasteiger partial charge in [-0.15, -0.1) is 0 Å². The van der Waals surface area contributed by atoms with E-state index in [0.717, 1.165) is 5.56 Å². The molecule has 0 bridgehead atoms. The highest BCUT2D eigenvalue weighted by Crippen LogP contribution is 2.18. The average molecular weight is 265 g/mol. The fraction of sp³-hybridized carbons (Fsp3) is 0.429. The minimum Gasteiger partial charge on any atom is -0.496 e. The molecule has 1 atom stereocenters. The van der Waals surface area contributed by atoms with E-state index in [-0.39, 0.29) is 18.2 Å². The second kappa shape index (κ2) is 6.78. The number of carbonyl (C=O) groups excluding carboxylic acids is 1. The molecule has 0 spiro atoms. The van der Waals surface area contributed by atoms with Gasteiger partial charge in [0.25, 0.3) is 5.91 Å². The largest absolute Gasteiger partial charge is 0.496 e. The predicted molar refractivity (Wildman–Crippen MR) is 71.5 cm³/mol. The van der Waals surface area contributed by atoms with E-state index in [1.165, 1.54) is 0 Å². The highest BCUT2D eigenvalue weighted by atomic mass is 16.5. The van der Waals surface area contributed by atoms with Crippen LogP contribution in [0.2, 0.25) is 0 Å². The van der Waals surface area contributed by atoms with Gasteiger partial charge in [0.15, 0.2) is 0 Å². The number of aliphatic carboxylic acids is 1. The molecule has 1 aromatic rings. The smallest absolute Gasteiger partial charge is 0.303 e. The Morgan fingerprint density at radius 3 is 2.68 bits per heavy atom. The van der Waals surface area contributed by atoms with Crippen LogP contribution in [0.1, 0.15) is 29.3 Å². The van der Waals surface area contributed by atoms with Gasteiger partial charge in [-0.05, 0) is 30.5 Å². The first-order valence-electron chi connectivity index (χ1n) is 6.08. The van der Waals surface area contributed by atoms with Crippen LogP contribution in [0, 0.1) is 12.8 Å². The fourth-order valence-corrected chi connectivity index (χ4v) is 1.70. The van der Waals surface area contributed by atoms with E-state index in [2.05, 4.69) is 5.32 Å². The van der Waals surface area contributed by atoms with Crippen LogP contribution in [0.15, 0.2) is 18.2 Å². The summed E-state index contributed by atoms with van der Waals surface area (Å²) in [4.78, 5) is 22.4. The van der Waals surface area contributed by atoms with Crippen LogP contribution in [0.4, 0.5) is 0 Å². The molecule has 1 aromatic carbocycles. The van der Waals surface area contributed by atoms with E-state index in [9.17, 15) is 9.59 Å². The van der Waals surface area contributed by atoms with Crippen molar-refractivity contribution in [2.45, 2.75) is 20.3 Å². The number of aryl methyl sites for hydroxylation is 1. The summed E-state index contributed by atoms with van der Waals surface area (Å²) < 4.78 is 5.16. The summed E-state index contributed by atoms with van der Waals surface area (Å²) in [7, 11) is 1.55. The van der Waals surface area contributed by atoms with Gasteiger partial charge in [0.1, 0.15) is 5.75 Å². The summed E-state index contributed by atoms with van der Waals surface area (Å²) in [6, 6.07) is 5.20. The normalized spacial score (nSPS) is 11.7. The molecule has 1 unspecified atom stereocenters. The Balaban J connectivity index is 2.61. The van der Waals surface area contributed by atoms with Gasteiger partial charge < -0.3 is 15.2 Å². The van der Waals surface area contributed by atoms with E-state index in [1.54, 1.807) is 26.2 Å². The van der Waals surface area contributed by atoms with Crippen LogP contribution in [0.3, 0.4) is 0 Å². The molecule has 0 radical (unpaired) electrons. The molecule has 0 heterocycles. The monoisotopic (exact) mass is 265 g/mol. The third-order valence-corrected chi connectivity index (χ3v) is 2.80. The molecule has 0 saturated carbocycles. The van der Waals surface area contributed by atoms with Gasteiger partial charge in [-0.1, -0.05) is 13.0 Å². The summed E-state index contributed by atoms with van der Waals surface area (Å²) in [5, 5.41) is 11.4. The molecule has 0 aliphatic heterocycles. The van der Waals surface area contributed by atoms with Crippen molar-refractivity contribution >= 4 is 11.9 Å². The lowest BCUT2D eigenvalue weighted by Gasteiger charge is -2.11. The number of carboxylic acid groups (broad SMARTS) is 1. The molecule has 19 heavy (non-hydrogen) atoms. The maximum absolute atomic E-state index is 11.9. The van der Waals surface area contributed by atoms with E-state index in [1.807, 2.05) is 13.0 Å². The van der Waals surface area contributed by atoms with Gasteiger partial charge in [-0.25, -0.2) is 0 Å². The van der Waals surface area contributed by atoms with Gasteiger partial charge in [-0.2, -0.15) is 0 Å². The first-order chi connectivity index (χ1) is 8.93. The first-order valence-corrected chi connectivity index (χ1v) is 6.08. The Morgan fingerprint density at radius 1 is 1.42 bits per heavy atom. The Hall–Kier alpha value is -2.04. The maximum Gasteiger partial charge on any atom is 0.303 e. The van der Waals surface area contributed by atoms with E-state index < -0.39 is 5.97 Å². The molecule has 2 N–H and O–H groups in total. The number of carbonyl (C=O) groups is 2. The first kappa shape index (κ1) is 15.0. The highest BCUT2D eigenvalue weighted by Gasteiger charge is 2.11. The van der Waals surface area contributed by atoms with Crippen LogP contribution in [0.25, 0.3) is 0 Å². The molecule has 104 valence electrons. The lowest BCUT2D eigenvalue weighted by atomic mass is 10.1. The number of amides is 1. The summed E-state index contributed by atoms with van der Waals surface area (Å²) >= 11 is 0. The second-order valence-corrected chi connectivity index (χ2v) is 4.60. The number of ether oxygens (including phenoxy) is 1. The van der Waals surface area contributed by atoms with Crippen molar-refractivity contribution in [3.05, 3.63) is 29.3 Å². The number of rotatable bonds is 6. The SMILES string of the molecule is COc1cc(C(=O)NCC(C)CC(=O)O)ccc1C. The fourth-order valence-electron chi connectivity index (χ4n) is 1.70. The lowest BCUT2D eigenvalue weighted by molar-refractivity contribution is -0.137. The third-order valence-electron chi connectivity index (χ3n) is 2.80. The standard InChI is InChI=1S/C14H19NO4/c1-9(6-13(16)17)8-15-14(18)11-5-4-10(2)12(7-11)19-3/h4-5,7,9H,6,8H2,1-3H3,(H,15,18)(H,16,17). The number of methoxy groups -OCH3 is 1. The summed E-state index contributed by atoms with van der Waals surface area (Å²) in [5.41, 5.74) is 1.46. The zero-order valence-electron chi connectivity index (χ0n) is 11.4. The minimum atomic E-state index is -0.862. The molecule has 1 amide bonds. The number of benzene rings is 1. The van der Waals surface area contributed by atoms with Crippen molar-refractivity contribution in [1.29, 1.82) is 0 Å². The van der Waals surface area contributed by atoms with Crippen molar-refractivity contribution in [1.82, 2.24) is 5.32 Å². The summed E-state index contributed by atoms with van der Waals surface area (Å²) in [6.07, 6.45) is 0.0392. The zero-order chi connectivity index (χ0) is 14.4. The van der Waals surface area contributed by atoms with Gasteiger partial charge >= 0.3 is 5.97 Å². The van der Waals surface area contributed by atoms with Gasteiger partial charge in [0, 0.05) is 18.5 Å². The molecule has 0 aliphatic carbocycles. The van der Waals surface area contributed by atoms with Gasteiger partial charge in [0.2, 0.25) is 0 Å². The van der Waals surface area contributed by atoms with Crippen molar-refractivity contribution in [3.8, 4) is 5.75 Å². The molecular formula is C14H19NO4. The summed E-state index contributed by atoms with van der Waals surface area (Å²) in [5.74, 6) is -0.533.